The van der Waals surface area contributed by atoms with Gasteiger partial charge in [0.15, 0.2) is 0 Å². The average molecular weight is 182 g/mol. The fourth-order valence-electron chi connectivity index (χ4n) is 0.765. The Bertz CT molecular complexity index is 180. The summed E-state index contributed by atoms with van der Waals surface area (Å²) in [7, 11) is -1.11. The van der Waals surface area contributed by atoms with Gasteiger partial charge in [-0.2, -0.15) is 0 Å². The van der Waals surface area contributed by atoms with Crippen LogP contribution in [0.5, 0.6) is 0 Å². The Morgan fingerprint density at radius 2 is 1.58 bits per heavy atom. The van der Waals surface area contributed by atoms with Crippen LogP contribution < -0.4 is 0 Å². The van der Waals surface area contributed by atoms with Gasteiger partial charge < -0.3 is 0 Å². The van der Waals surface area contributed by atoms with Gasteiger partial charge in [0.25, 0.3) is 0 Å². The molecular weight excluding hydrogens is 160 g/mol. The summed E-state index contributed by atoms with van der Waals surface area (Å²) in [5.41, 5.74) is 3.82. The van der Waals surface area contributed by atoms with Crippen LogP contribution in [0.2, 0.25) is 19.6 Å². The Labute approximate surface area is 78.8 Å². The van der Waals surface area contributed by atoms with Gasteiger partial charge in [-0.3, -0.25) is 0 Å². The summed E-state index contributed by atoms with van der Waals surface area (Å²) in [6.07, 6.45) is 2.28. The molecule has 0 aromatic rings. The molecule has 0 aliphatic carbocycles. The third-order valence-electron chi connectivity index (χ3n) is 1.46. The third-order valence-corrected chi connectivity index (χ3v) is 2.39. The van der Waals surface area contributed by atoms with Gasteiger partial charge in [0, 0.05) is 6.42 Å². The molecule has 0 saturated carbocycles. The predicted octanol–water partition coefficient (Wildman–Crippen LogP) is 3.69. The standard InChI is InChI=1S/C11H22Si/c1-11(2,3)9-7-8-10-12(4,5)6/h7,9H2,1-6H3. The first-order valence-corrected chi connectivity index (χ1v) is 8.21. The number of hydrogen-bond donors (Lipinski definition) is 0. The molecule has 0 aromatic heterocycles. The minimum absolute atomic E-state index is 0.439. The average Bonchev–Trinajstić information content (AvgIpc) is 1.76. The Balaban J connectivity index is 3.75. The molecule has 1 heteroatoms. The molecule has 70 valence electrons. The maximum Gasteiger partial charge on any atom is 0.129 e. The number of hydrogen-bond acceptors (Lipinski definition) is 0. The van der Waals surface area contributed by atoms with Crippen LogP contribution in [0.15, 0.2) is 0 Å². The second-order valence-electron chi connectivity index (χ2n) is 5.61. The SMILES string of the molecule is CC(C)(C)CCC#C[Si](C)(C)C. The van der Waals surface area contributed by atoms with Crippen molar-refractivity contribution in [2.75, 3.05) is 0 Å². The highest BCUT2D eigenvalue weighted by Gasteiger charge is 2.09. The molecule has 0 heterocycles. The van der Waals surface area contributed by atoms with Crippen LogP contribution in [-0.4, -0.2) is 8.07 Å². The van der Waals surface area contributed by atoms with E-state index < -0.39 is 8.07 Å². The van der Waals surface area contributed by atoms with Crippen LogP contribution in [0, 0.1) is 16.9 Å². The molecule has 0 aliphatic heterocycles. The largest absolute Gasteiger partial charge is 0.132 e. The van der Waals surface area contributed by atoms with Gasteiger partial charge in [-0.05, 0) is 11.8 Å². The van der Waals surface area contributed by atoms with Crippen molar-refractivity contribution in [3.05, 3.63) is 0 Å². The third kappa shape index (κ3) is 9.78. The maximum atomic E-state index is 3.38. The lowest BCUT2D eigenvalue weighted by Crippen LogP contribution is -2.16. The van der Waals surface area contributed by atoms with Crippen molar-refractivity contribution in [3.8, 4) is 11.5 Å². The molecule has 0 rings (SSSR count). The Morgan fingerprint density at radius 3 is 1.92 bits per heavy atom. The monoisotopic (exact) mass is 182 g/mol. The molecule has 0 bridgehead atoms. The molecule has 0 N–H and O–H groups in total. The minimum Gasteiger partial charge on any atom is -0.132 e. The lowest BCUT2D eigenvalue weighted by Gasteiger charge is -2.15. The van der Waals surface area contributed by atoms with Crippen LogP contribution in [0.3, 0.4) is 0 Å². The highest BCUT2D eigenvalue weighted by molar-refractivity contribution is 6.83. The first-order valence-electron chi connectivity index (χ1n) is 4.71. The van der Waals surface area contributed by atoms with E-state index in [1.807, 2.05) is 0 Å². The van der Waals surface area contributed by atoms with Gasteiger partial charge in [-0.25, -0.2) is 0 Å². The first kappa shape index (κ1) is 11.8. The Hall–Kier alpha value is -0.223. The second-order valence-corrected chi connectivity index (χ2v) is 10.4. The van der Waals surface area contributed by atoms with Gasteiger partial charge in [-0.15, -0.1) is 11.5 Å². The van der Waals surface area contributed by atoms with E-state index in [1.54, 1.807) is 0 Å². The Morgan fingerprint density at radius 1 is 1.08 bits per heavy atom. The van der Waals surface area contributed by atoms with E-state index in [2.05, 4.69) is 51.9 Å². The van der Waals surface area contributed by atoms with Gasteiger partial charge >= 0.3 is 0 Å². The highest BCUT2D eigenvalue weighted by Crippen LogP contribution is 2.19. The topological polar surface area (TPSA) is 0 Å². The molecule has 0 saturated heterocycles. The van der Waals surface area contributed by atoms with Crippen molar-refractivity contribution < 1.29 is 0 Å². The van der Waals surface area contributed by atoms with Gasteiger partial charge in [0.1, 0.15) is 8.07 Å². The van der Waals surface area contributed by atoms with Crippen molar-refractivity contribution in [2.24, 2.45) is 5.41 Å². The zero-order chi connectivity index (χ0) is 9.83. The smallest absolute Gasteiger partial charge is 0.129 e. The summed E-state index contributed by atoms with van der Waals surface area (Å²) in [6, 6.07) is 0. The van der Waals surface area contributed by atoms with Crippen molar-refractivity contribution in [3.63, 3.8) is 0 Å². The zero-order valence-electron chi connectivity index (χ0n) is 9.41. The quantitative estimate of drug-likeness (QED) is 0.428. The second kappa shape index (κ2) is 4.14. The Kier molecular flexibility index (Phi) is 4.06. The van der Waals surface area contributed by atoms with Crippen LogP contribution >= 0.6 is 0 Å². The molecule has 12 heavy (non-hydrogen) atoms. The van der Waals surface area contributed by atoms with Gasteiger partial charge in [-0.1, -0.05) is 40.4 Å². The lowest BCUT2D eigenvalue weighted by atomic mass is 9.91. The lowest BCUT2D eigenvalue weighted by molar-refractivity contribution is 0.384. The molecule has 0 fully saturated rings. The van der Waals surface area contributed by atoms with E-state index in [-0.39, 0.29) is 0 Å². The van der Waals surface area contributed by atoms with Crippen molar-refractivity contribution in [2.45, 2.75) is 53.3 Å². The first-order chi connectivity index (χ1) is 5.21. The molecule has 0 aromatic carbocycles. The molecular formula is C11H22Si. The van der Waals surface area contributed by atoms with E-state index in [1.165, 1.54) is 6.42 Å². The molecule has 0 nitrogen and oxygen atoms in total. The van der Waals surface area contributed by atoms with E-state index in [0.717, 1.165) is 6.42 Å². The molecule has 0 unspecified atom stereocenters. The van der Waals surface area contributed by atoms with Crippen LogP contribution in [-0.2, 0) is 0 Å². The molecule has 0 radical (unpaired) electrons. The zero-order valence-corrected chi connectivity index (χ0v) is 10.4. The predicted molar refractivity (Wildman–Crippen MR) is 59.8 cm³/mol. The summed E-state index contributed by atoms with van der Waals surface area (Å²) in [6.45, 7) is 13.7. The summed E-state index contributed by atoms with van der Waals surface area (Å²) >= 11 is 0. The van der Waals surface area contributed by atoms with Crippen LogP contribution in [0.25, 0.3) is 0 Å². The van der Waals surface area contributed by atoms with Crippen molar-refractivity contribution in [1.29, 1.82) is 0 Å². The molecule has 0 amide bonds. The molecule has 0 spiro atoms. The van der Waals surface area contributed by atoms with Crippen LogP contribution in [0.1, 0.15) is 33.6 Å². The normalized spacial score (nSPS) is 12.2. The summed E-state index contributed by atoms with van der Waals surface area (Å²) in [5.74, 6) is 3.29. The maximum absolute atomic E-state index is 3.38. The van der Waals surface area contributed by atoms with E-state index in [9.17, 15) is 0 Å². The van der Waals surface area contributed by atoms with Gasteiger partial charge in [0.2, 0.25) is 0 Å². The van der Waals surface area contributed by atoms with Crippen molar-refractivity contribution in [1.82, 2.24) is 0 Å². The summed E-state index contributed by atoms with van der Waals surface area (Å²) in [5, 5.41) is 0. The van der Waals surface area contributed by atoms with E-state index in [0.29, 0.717) is 5.41 Å². The summed E-state index contributed by atoms with van der Waals surface area (Å²) in [4.78, 5) is 0. The summed E-state index contributed by atoms with van der Waals surface area (Å²) < 4.78 is 0. The molecule has 0 aliphatic rings. The fourth-order valence-corrected chi connectivity index (χ4v) is 1.42. The van der Waals surface area contributed by atoms with E-state index in [4.69, 9.17) is 0 Å². The number of rotatable bonds is 1. The fraction of sp³-hybridized carbons (Fsp3) is 0.818. The van der Waals surface area contributed by atoms with Gasteiger partial charge in [0.05, 0.1) is 0 Å². The van der Waals surface area contributed by atoms with E-state index >= 15 is 0 Å². The minimum atomic E-state index is -1.11. The van der Waals surface area contributed by atoms with Crippen molar-refractivity contribution >= 4 is 8.07 Å². The highest BCUT2D eigenvalue weighted by atomic mass is 28.3. The molecule has 0 atom stereocenters. The van der Waals surface area contributed by atoms with Crippen LogP contribution in [0.4, 0.5) is 0 Å².